The van der Waals surface area contributed by atoms with E-state index < -0.39 is 18.6 Å². The topological polar surface area (TPSA) is 59.8 Å². The Kier molecular flexibility index (Phi) is 4.88. The fourth-order valence-electron chi connectivity index (χ4n) is 1.44. The average Bonchev–Trinajstić information content (AvgIpc) is 3.02. The van der Waals surface area contributed by atoms with Gasteiger partial charge in [-0.25, -0.2) is 0 Å². The van der Waals surface area contributed by atoms with Crippen LogP contribution in [-0.4, -0.2) is 39.1 Å². The number of thiophene rings is 1. The Morgan fingerprint density at radius 3 is 2.86 bits per heavy atom. The number of amides is 1. The SMILES string of the molecule is Cn1c(SCC(=O)NCC(F)(F)F)nnc1-c1cccs1. The third kappa shape index (κ3) is 4.46. The lowest BCUT2D eigenvalue weighted by Gasteiger charge is -2.07. The van der Waals surface area contributed by atoms with Gasteiger partial charge in [0.25, 0.3) is 0 Å². The third-order valence-corrected chi connectivity index (χ3v) is 4.28. The van der Waals surface area contributed by atoms with Crippen molar-refractivity contribution in [3.05, 3.63) is 17.5 Å². The first-order valence-electron chi connectivity index (χ1n) is 5.76. The monoisotopic (exact) mass is 336 g/mol. The van der Waals surface area contributed by atoms with Crippen molar-refractivity contribution in [1.29, 1.82) is 0 Å². The number of thioether (sulfide) groups is 1. The van der Waals surface area contributed by atoms with Crippen molar-refractivity contribution < 1.29 is 18.0 Å². The predicted octanol–water partition coefficient (Wildman–Crippen LogP) is 2.31. The van der Waals surface area contributed by atoms with Gasteiger partial charge in [-0.1, -0.05) is 17.8 Å². The first-order chi connectivity index (χ1) is 9.87. The highest BCUT2D eigenvalue weighted by molar-refractivity contribution is 7.99. The Morgan fingerprint density at radius 1 is 1.48 bits per heavy atom. The first kappa shape index (κ1) is 15.8. The second-order valence-electron chi connectivity index (χ2n) is 4.02. The van der Waals surface area contributed by atoms with E-state index in [4.69, 9.17) is 0 Å². The number of hydrogen-bond acceptors (Lipinski definition) is 5. The number of alkyl halides is 3. The van der Waals surface area contributed by atoms with Crippen molar-refractivity contribution >= 4 is 29.0 Å². The molecule has 0 fully saturated rings. The van der Waals surface area contributed by atoms with Crippen LogP contribution in [0, 0.1) is 0 Å². The molecule has 1 N–H and O–H groups in total. The molecule has 0 aliphatic carbocycles. The third-order valence-electron chi connectivity index (χ3n) is 2.39. The minimum atomic E-state index is -4.41. The fraction of sp³-hybridized carbons (Fsp3) is 0.364. The fourth-order valence-corrected chi connectivity index (χ4v) is 2.93. The molecule has 0 atom stereocenters. The van der Waals surface area contributed by atoms with Crippen LogP contribution in [0.25, 0.3) is 10.7 Å². The van der Waals surface area contributed by atoms with Crippen LogP contribution in [0.5, 0.6) is 0 Å². The van der Waals surface area contributed by atoms with Gasteiger partial charge >= 0.3 is 6.18 Å². The summed E-state index contributed by atoms with van der Waals surface area (Å²) in [6, 6.07) is 3.77. The van der Waals surface area contributed by atoms with Gasteiger partial charge < -0.3 is 9.88 Å². The molecule has 2 rings (SSSR count). The second-order valence-corrected chi connectivity index (χ2v) is 5.91. The maximum absolute atomic E-state index is 12.0. The summed E-state index contributed by atoms with van der Waals surface area (Å²) in [5, 5.41) is 12.1. The van der Waals surface area contributed by atoms with Crippen molar-refractivity contribution in [2.75, 3.05) is 12.3 Å². The molecule has 0 aliphatic heterocycles. The van der Waals surface area contributed by atoms with Crippen LogP contribution < -0.4 is 5.32 Å². The quantitative estimate of drug-likeness (QED) is 0.851. The van der Waals surface area contributed by atoms with Crippen molar-refractivity contribution in [3.63, 3.8) is 0 Å². The Labute approximate surface area is 126 Å². The Hall–Kier alpha value is -1.55. The average molecular weight is 336 g/mol. The van der Waals surface area contributed by atoms with Gasteiger partial charge in [0.15, 0.2) is 11.0 Å². The van der Waals surface area contributed by atoms with Gasteiger partial charge in [-0.3, -0.25) is 4.79 Å². The summed E-state index contributed by atoms with van der Waals surface area (Å²) in [6.45, 7) is -1.33. The standard InChI is InChI=1S/C11H11F3N4OS2/c1-18-9(7-3-2-4-20-7)16-17-10(18)21-5-8(19)15-6-11(12,13)14/h2-4H,5-6H2,1H3,(H,15,19). The number of aromatic nitrogens is 3. The van der Waals surface area contributed by atoms with Crippen LogP contribution in [0.15, 0.2) is 22.7 Å². The van der Waals surface area contributed by atoms with E-state index in [0.29, 0.717) is 11.0 Å². The maximum atomic E-state index is 12.0. The van der Waals surface area contributed by atoms with E-state index in [9.17, 15) is 18.0 Å². The lowest BCUT2D eigenvalue weighted by atomic mass is 10.4. The van der Waals surface area contributed by atoms with E-state index in [2.05, 4.69) is 10.2 Å². The summed E-state index contributed by atoms with van der Waals surface area (Å²) in [5.41, 5.74) is 0. The highest BCUT2D eigenvalue weighted by atomic mass is 32.2. The minimum Gasteiger partial charge on any atom is -0.346 e. The zero-order chi connectivity index (χ0) is 15.5. The van der Waals surface area contributed by atoms with Gasteiger partial charge in [0.05, 0.1) is 10.6 Å². The number of carbonyl (C=O) groups is 1. The van der Waals surface area contributed by atoms with Gasteiger partial charge in [0, 0.05) is 7.05 Å². The van der Waals surface area contributed by atoms with E-state index in [1.54, 1.807) is 16.9 Å². The summed E-state index contributed by atoms with van der Waals surface area (Å²) in [4.78, 5) is 12.3. The summed E-state index contributed by atoms with van der Waals surface area (Å²) in [6.07, 6.45) is -4.41. The lowest BCUT2D eigenvalue weighted by molar-refractivity contribution is -0.136. The van der Waals surface area contributed by atoms with Crippen LogP contribution in [0.1, 0.15) is 0 Å². The van der Waals surface area contributed by atoms with Gasteiger partial charge in [-0.2, -0.15) is 13.2 Å². The molecule has 2 aromatic heterocycles. The molecule has 2 aromatic rings. The number of nitrogens with one attached hydrogen (secondary N) is 1. The van der Waals surface area contributed by atoms with Crippen molar-refractivity contribution in [1.82, 2.24) is 20.1 Å². The molecule has 0 aromatic carbocycles. The summed E-state index contributed by atoms with van der Waals surface area (Å²) in [5.74, 6) is -0.187. The highest BCUT2D eigenvalue weighted by Crippen LogP contribution is 2.25. The predicted molar refractivity (Wildman–Crippen MR) is 74.1 cm³/mol. The Bertz CT molecular complexity index is 610. The number of carbonyl (C=O) groups excluding carboxylic acids is 1. The molecule has 0 unspecified atom stereocenters. The number of nitrogens with zero attached hydrogens (tertiary/aromatic N) is 3. The minimum absolute atomic E-state index is 0.146. The smallest absolute Gasteiger partial charge is 0.346 e. The molecule has 1 amide bonds. The van der Waals surface area contributed by atoms with Gasteiger partial charge in [-0.15, -0.1) is 21.5 Å². The van der Waals surface area contributed by atoms with Gasteiger partial charge in [-0.05, 0) is 11.4 Å². The molecule has 0 saturated heterocycles. The molecule has 114 valence electrons. The second kappa shape index (κ2) is 6.48. The maximum Gasteiger partial charge on any atom is 0.405 e. The van der Waals surface area contributed by atoms with Crippen LogP contribution in [0.2, 0.25) is 0 Å². The van der Waals surface area contributed by atoms with Crippen LogP contribution in [0.4, 0.5) is 13.2 Å². The van der Waals surface area contributed by atoms with E-state index in [1.165, 1.54) is 11.3 Å². The molecular weight excluding hydrogens is 325 g/mol. The normalized spacial score (nSPS) is 11.6. The van der Waals surface area contributed by atoms with E-state index in [-0.39, 0.29) is 5.75 Å². The summed E-state index contributed by atoms with van der Waals surface area (Å²) in [7, 11) is 1.74. The van der Waals surface area contributed by atoms with Gasteiger partial charge in [0.1, 0.15) is 6.54 Å². The lowest BCUT2D eigenvalue weighted by Crippen LogP contribution is -2.34. The molecule has 2 heterocycles. The molecule has 10 heteroatoms. The summed E-state index contributed by atoms with van der Waals surface area (Å²) >= 11 is 2.54. The molecular formula is C11H11F3N4OS2. The molecule has 5 nitrogen and oxygen atoms in total. The van der Waals surface area contributed by atoms with E-state index in [0.717, 1.165) is 16.6 Å². The van der Waals surface area contributed by atoms with E-state index in [1.807, 2.05) is 17.5 Å². The Morgan fingerprint density at radius 2 is 2.24 bits per heavy atom. The van der Waals surface area contributed by atoms with Crippen molar-refractivity contribution in [2.45, 2.75) is 11.3 Å². The number of rotatable bonds is 5. The summed E-state index contributed by atoms with van der Waals surface area (Å²) < 4.78 is 37.6. The van der Waals surface area contributed by atoms with Crippen molar-refractivity contribution in [2.24, 2.45) is 7.05 Å². The van der Waals surface area contributed by atoms with Crippen LogP contribution in [-0.2, 0) is 11.8 Å². The molecule has 0 bridgehead atoms. The highest BCUT2D eigenvalue weighted by Gasteiger charge is 2.27. The molecule has 0 radical (unpaired) electrons. The van der Waals surface area contributed by atoms with Crippen molar-refractivity contribution in [3.8, 4) is 10.7 Å². The van der Waals surface area contributed by atoms with Gasteiger partial charge in [0.2, 0.25) is 5.91 Å². The van der Waals surface area contributed by atoms with Crippen LogP contribution >= 0.6 is 23.1 Å². The molecule has 0 spiro atoms. The number of halogens is 3. The molecule has 0 aliphatic rings. The first-order valence-corrected chi connectivity index (χ1v) is 7.63. The zero-order valence-corrected chi connectivity index (χ0v) is 12.5. The Balaban J connectivity index is 1.91. The molecule has 21 heavy (non-hydrogen) atoms. The van der Waals surface area contributed by atoms with E-state index >= 15 is 0 Å². The van der Waals surface area contributed by atoms with Crippen LogP contribution in [0.3, 0.4) is 0 Å². The zero-order valence-electron chi connectivity index (χ0n) is 10.8. The molecule has 0 saturated carbocycles. The number of hydrogen-bond donors (Lipinski definition) is 1. The largest absolute Gasteiger partial charge is 0.405 e.